The molecule has 0 bridgehead atoms. The van der Waals surface area contributed by atoms with Crippen molar-refractivity contribution in [3.05, 3.63) is 35.9 Å². The van der Waals surface area contributed by atoms with Crippen molar-refractivity contribution in [2.45, 2.75) is 19.8 Å². The van der Waals surface area contributed by atoms with E-state index in [0.29, 0.717) is 5.56 Å². The molecular formula is C15H20N4O. The summed E-state index contributed by atoms with van der Waals surface area (Å²) in [6.45, 7) is 3.08. The van der Waals surface area contributed by atoms with Crippen LogP contribution in [-0.4, -0.2) is 29.6 Å². The second kappa shape index (κ2) is 6.23. The molecule has 0 unspecified atom stereocenters. The van der Waals surface area contributed by atoms with E-state index in [4.69, 9.17) is 10.9 Å². The molecule has 0 saturated heterocycles. The predicted octanol–water partition coefficient (Wildman–Crippen LogP) is 2.57. The van der Waals surface area contributed by atoms with Crippen molar-refractivity contribution >= 4 is 22.6 Å². The molecular weight excluding hydrogens is 252 g/mol. The first-order valence-electron chi connectivity index (χ1n) is 6.76. The van der Waals surface area contributed by atoms with E-state index in [1.807, 2.05) is 37.4 Å². The van der Waals surface area contributed by atoms with Gasteiger partial charge < -0.3 is 15.8 Å². The first-order chi connectivity index (χ1) is 9.67. The maximum absolute atomic E-state index is 8.95. The number of anilines is 1. The third-order valence-corrected chi connectivity index (χ3v) is 3.32. The molecule has 20 heavy (non-hydrogen) atoms. The molecule has 1 aromatic heterocycles. The zero-order chi connectivity index (χ0) is 14.5. The molecule has 0 fully saturated rings. The Balaban J connectivity index is 2.52. The van der Waals surface area contributed by atoms with Gasteiger partial charge in [0, 0.05) is 24.5 Å². The lowest BCUT2D eigenvalue weighted by Crippen LogP contribution is -2.21. The molecule has 2 aromatic rings. The fraction of sp³-hybridized carbons (Fsp3) is 0.333. The molecule has 5 heteroatoms. The number of para-hydroxylation sites is 1. The molecule has 1 heterocycles. The number of pyridine rings is 1. The van der Waals surface area contributed by atoms with Gasteiger partial charge in [0.25, 0.3) is 0 Å². The lowest BCUT2D eigenvalue weighted by atomic mass is 10.1. The Morgan fingerprint density at radius 1 is 1.40 bits per heavy atom. The Labute approximate surface area is 118 Å². The molecule has 106 valence electrons. The van der Waals surface area contributed by atoms with E-state index >= 15 is 0 Å². The number of rotatable bonds is 5. The fourth-order valence-electron chi connectivity index (χ4n) is 2.13. The van der Waals surface area contributed by atoms with Crippen LogP contribution >= 0.6 is 0 Å². The molecule has 0 amide bonds. The summed E-state index contributed by atoms with van der Waals surface area (Å²) in [4.78, 5) is 6.73. The molecule has 0 aliphatic carbocycles. The molecule has 2 rings (SSSR count). The minimum atomic E-state index is 0.105. The summed E-state index contributed by atoms with van der Waals surface area (Å²) in [6, 6.07) is 9.57. The molecule has 0 aliphatic heterocycles. The number of amidine groups is 1. The zero-order valence-electron chi connectivity index (χ0n) is 11.9. The van der Waals surface area contributed by atoms with Gasteiger partial charge in [0.1, 0.15) is 5.82 Å². The number of aromatic nitrogens is 1. The Morgan fingerprint density at radius 3 is 2.85 bits per heavy atom. The molecule has 0 radical (unpaired) electrons. The maximum atomic E-state index is 8.95. The highest BCUT2D eigenvalue weighted by atomic mass is 16.4. The van der Waals surface area contributed by atoms with Crippen LogP contribution in [0.2, 0.25) is 0 Å². The van der Waals surface area contributed by atoms with Crippen LogP contribution in [0.25, 0.3) is 10.9 Å². The summed E-state index contributed by atoms with van der Waals surface area (Å²) >= 11 is 0. The number of hydrogen-bond donors (Lipinski definition) is 2. The van der Waals surface area contributed by atoms with Crippen LogP contribution in [0.5, 0.6) is 0 Å². The second-order valence-corrected chi connectivity index (χ2v) is 4.81. The Bertz CT molecular complexity index is 624. The van der Waals surface area contributed by atoms with Crippen molar-refractivity contribution < 1.29 is 5.21 Å². The quantitative estimate of drug-likeness (QED) is 0.379. The van der Waals surface area contributed by atoms with Crippen LogP contribution in [0.15, 0.2) is 35.5 Å². The number of nitrogens with zero attached hydrogens (tertiary/aromatic N) is 3. The van der Waals surface area contributed by atoms with Crippen molar-refractivity contribution in [1.29, 1.82) is 0 Å². The summed E-state index contributed by atoms with van der Waals surface area (Å²) < 4.78 is 0. The molecule has 0 aliphatic rings. The van der Waals surface area contributed by atoms with Gasteiger partial charge in [0.15, 0.2) is 5.84 Å². The van der Waals surface area contributed by atoms with Crippen molar-refractivity contribution in [2.75, 3.05) is 18.5 Å². The molecule has 3 N–H and O–H groups in total. The first kappa shape index (κ1) is 14.1. The van der Waals surface area contributed by atoms with Crippen molar-refractivity contribution in [3.63, 3.8) is 0 Å². The number of benzene rings is 1. The number of nitrogens with two attached hydrogens (primary N) is 1. The number of hydrogen-bond acceptors (Lipinski definition) is 4. The fourth-order valence-corrected chi connectivity index (χ4v) is 2.13. The topological polar surface area (TPSA) is 74.7 Å². The molecule has 0 spiro atoms. The van der Waals surface area contributed by atoms with E-state index in [-0.39, 0.29) is 5.84 Å². The van der Waals surface area contributed by atoms with Gasteiger partial charge in [0.2, 0.25) is 0 Å². The monoisotopic (exact) mass is 272 g/mol. The van der Waals surface area contributed by atoms with Crippen LogP contribution in [0, 0.1) is 0 Å². The highest BCUT2D eigenvalue weighted by Gasteiger charge is 2.11. The Kier molecular flexibility index (Phi) is 4.40. The van der Waals surface area contributed by atoms with E-state index in [0.717, 1.165) is 36.1 Å². The molecule has 5 nitrogen and oxygen atoms in total. The predicted molar refractivity (Wildman–Crippen MR) is 82.4 cm³/mol. The zero-order valence-corrected chi connectivity index (χ0v) is 11.9. The van der Waals surface area contributed by atoms with Gasteiger partial charge in [-0.3, -0.25) is 0 Å². The van der Waals surface area contributed by atoms with Gasteiger partial charge >= 0.3 is 0 Å². The lowest BCUT2D eigenvalue weighted by Gasteiger charge is -2.19. The summed E-state index contributed by atoms with van der Waals surface area (Å²) in [5.41, 5.74) is 7.33. The van der Waals surface area contributed by atoms with Gasteiger partial charge in [-0.25, -0.2) is 4.98 Å². The molecule has 0 atom stereocenters. The standard InChI is InChI=1S/C15H20N4O/c1-3-4-9-19(2)14-10-12(15(16)18-20)11-7-5-6-8-13(11)17-14/h5-8,10,20H,3-4,9H2,1-2H3,(H2,16,18). The maximum Gasteiger partial charge on any atom is 0.170 e. The normalized spacial score (nSPS) is 11.8. The summed E-state index contributed by atoms with van der Waals surface area (Å²) in [7, 11) is 2.00. The second-order valence-electron chi connectivity index (χ2n) is 4.81. The van der Waals surface area contributed by atoms with Crippen LogP contribution in [0.1, 0.15) is 25.3 Å². The van der Waals surface area contributed by atoms with Crippen LogP contribution < -0.4 is 10.6 Å². The third-order valence-electron chi connectivity index (χ3n) is 3.32. The average molecular weight is 272 g/mol. The summed E-state index contributed by atoms with van der Waals surface area (Å²) in [5, 5.41) is 13.0. The molecule has 1 aromatic carbocycles. The lowest BCUT2D eigenvalue weighted by molar-refractivity contribution is 0.318. The SMILES string of the molecule is CCCCN(C)c1cc(C(N)=NO)c2ccccc2n1. The van der Waals surface area contributed by atoms with E-state index in [2.05, 4.69) is 22.0 Å². The van der Waals surface area contributed by atoms with E-state index in [1.165, 1.54) is 0 Å². The smallest absolute Gasteiger partial charge is 0.170 e. The van der Waals surface area contributed by atoms with Crippen LogP contribution in [0.3, 0.4) is 0 Å². The molecule has 0 saturated carbocycles. The largest absolute Gasteiger partial charge is 0.409 e. The van der Waals surface area contributed by atoms with E-state index < -0.39 is 0 Å². The highest BCUT2D eigenvalue weighted by Crippen LogP contribution is 2.22. The third kappa shape index (κ3) is 2.82. The Hall–Kier alpha value is -2.30. The summed E-state index contributed by atoms with van der Waals surface area (Å²) in [6.07, 6.45) is 2.23. The Morgan fingerprint density at radius 2 is 2.15 bits per heavy atom. The number of unbranched alkanes of at least 4 members (excludes halogenated alkanes) is 1. The van der Waals surface area contributed by atoms with Crippen molar-refractivity contribution in [1.82, 2.24) is 4.98 Å². The van der Waals surface area contributed by atoms with Crippen LogP contribution in [0.4, 0.5) is 5.82 Å². The summed E-state index contributed by atoms with van der Waals surface area (Å²) in [5.74, 6) is 0.937. The van der Waals surface area contributed by atoms with Crippen molar-refractivity contribution in [3.8, 4) is 0 Å². The van der Waals surface area contributed by atoms with Gasteiger partial charge in [-0.05, 0) is 18.6 Å². The van der Waals surface area contributed by atoms with E-state index in [9.17, 15) is 0 Å². The van der Waals surface area contributed by atoms with Crippen LogP contribution in [-0.2, 0) is 0 Å². The van der Waals surface area contributed by atoms with Crippen molar-refractivity contribution in [2.24, 2.45) is 10.9 Å². The number of fused-ring (bicyclic) bond motifs is 1. The minimum absolute atomic E-state index is 0.105. The van der Waals surface area contributed by atoms with Gasteiger partial charge in [0.05, 0.1) is 5.52 Å². The van der Waals surface area contributed by atoms with Gasteiger partial charge in [-0.2, -0.15) is 0 Å². The minimum Gasteiger partial charge on any atom is -0.409 e. The first-order valence-corrected chi connectivity index (χ1v) is 6.76. The average Bonchev–Trinajstić information content (AvgIpc) is 2.50. The van der Waals surface area contributed by atoms with E-state index in [1.54, 1.807) is 0 Å². The highest BCUT2D eigenvalue weighted by molar-refractivity contribution is 6.08. The van der Waals surface area contributed by atoms with Gasteiger partial charge in [-0.1, -0.05) is 36.7 Å². The number of oxime groups is 1. The van der Waals surface area contributed by atoms with Gasteiger partial charge in [-0.15, -0.1) is 0 Å².